The van der Waals surface area contributed by atoms with Crippen LogP contribution in [0.2, 0.25) is 0 Å². The van der Waals surface area contributed by atoms with E-state index in [1.54, 1.807) is 10.1 Å². The molecule has 1 aromatic rings. The number of thiol groups is 2. The smallest absolute Gasteiger partial charge is 0.170 e. The minimum absolute atomic E-state index is 0.400. The largest absolute Gasteiger partial charge is 0.347 e. The Kier molecular flexibility index (Phi) is 5.48. The number of piperazine rings is 1. The quantitative estimate of drug-likeness (QED) is 0.371. The molecule has 0 bridgehead atoms. The van der Waals surface area contributed by atoms with E-state index in [9.17, 15) is 0 Å². The van der Waals surface area contributed by atoms with Crippen LogP contribution in [0.1, 0.15) is 0 Å². The highest BCUT2D eigenvalue weighted by Crippen LogP contribution is 2.20. The van der Waals surface area contributed by atoms with E-state index in [0.29, 0.717) is 8.64 Å². The van der Waals surface area contributed by atoms with Gasteiger partial charge in [-0.15, -0.1) is 25.3 Å². The summed E-state index contributed by atoms with van der Waals surface area (Å²) in [6.45, 7) is 3.44. The molecule has 104 valence electrons. The molecule has 0 saturated carbocycles. The average Bonchev–Trinajstić information content (AvgIpc) is 2.89. The van der Waals surface area contributed by atoms with Gasteiger partial charge in [-0.1, -0.05) is 12.2 Å². The van der Waals surface area contributed by atoms with Gasteiger partial charge in [0.05, 0.1) is 0 Å². The van der Waals surface area contributed by atoms with Crippen LogP contribution < -0.4 is 10.3 Å². The molecule has 1 aromatic heterocycles. The normalized spacial score (nSPS) is 16.1. The molecule has 19 heavy (non-hydrogen) atoms. The van der Waals surface area contributed by atoms with Crippen molar-refractivity contribution in [1.82, 2.24) is 20.4 Å². The van der Waals surface area contributed by atoms with Gasteiger partial charge >= 0.3 is 0 Å². The van der Waals surface area contributed by atoms with Crippen LogP contribution in [0, 0.1) is 0 Å². The number of thiocarbonyl (C=S) groups is 2. The van der Waals surface area contributed by atoms with Crippen molar-refractivity contribution in [1.29, 1.82) is 0 Å². The third-order valence-corrected chi connectivity index (χ3v) is 3.42. The molecule has 0 aliphatic carbocycles. The van der Waals surface area contributed by atoms with Crippen LogP contribution in [0.15, 0.2) is 18.3 Å². The van der Waals surface area contributed by atoms with E-state index in [-0.39, 0.29) is 0 Å². The standard InChI is InChI=1S/C10H15N5S4/c16-9(17)14(8-2-1-3-12-8)15(10(18)19)13-6-4-11-5-7-13/h1-3,11-12H,4-7H2,(H,16,17)(H,18,19). The van der Waals surface area contributed by atoms with E-state index in [2.05, 4.69) is 40.6 Å². The second-order valence-corrected chi connectivity index (χ2v) is 6.15. The van der Waals surface area contributed by atoms with Gasteiger partial charge in [0.2, 0.25) is 0 Å². The van der Waals surface area contributed by atoms with Crippen LogP contribution in [0.25, 0.3) is 0 Å². The molecule has 1 saturated heterocycles. The van der Waals surface area contributed by atoms with Gasteiger partial charge in [0, 0.05) is 32.4 Å². The molecule has 1 aliphatic rings. The first-order valence-electron chi connectivity index (χ1n) is 5.76. The molecule has 1 fully saturated rings. The summed E-state index contributed by atoms with van der Waals surface area (Å²) in [6.07, 6.45) is 1.83. The molecule has 0 radical (unpaired) electrons. The van der Waals surface area contributed by atoms with Gasteiger partial charge in [-0.05, 0) is 24.4 Å². The molecule has 2 heterocycles. The van der Waals surface area contributed by atoms with Gasteiger partial charge < -0.3 is 10.3 Å². The lowest BCUT2D eigenvalue weighted by atomic mass is 10.4. The van der Waals surface area contributed by atoms with Crippen LogP contribution in [-0.4, -0.2) is 49.9 Å². The van der Waals surface area contributed by atoms with E-state index in [1.165, 1.54) is 0 Å². The molecular formula is C10H15N5S4. The van der Waals surface area contributed by atoms with E-state index < -0.39 is 0 Å². The van der Waals surface area contributed by atoms with Crippen molar-refractivity contribution in [2.45, 2.75) is 0 Å². The molecule has 2 N–H and O–H groups in total. The Labute approximate surface area is 134 Å². The maximum absolute atomic E-state index is 5.25. The summed E-state index contributed by atoms with van der Waals surface area (Å²) in [5.74, 6) is 0.801. The van der Waals surface area contributed by atoms with Gasteiger partial charge in [-0.3, -0.25) is 0 Å². The molecule has 0 spiro atoms. The maximum Gasteiger partial charge on any atom is 0.170 e. The van der Waals surface area contributed by atoms with Crippen molar-refractivity contribution in [3.8, 4) is 0 Å². The van der Waals surface area contributed by atoms with E-state index in [1.807, 2.05) is 18.3 Å². The molecule has 5 nitrogen and oxygen atoms in total. The van der Waals surface area contributed by atoms with Gasteiger partial charge in [-0.25, -0.2) is 5.01 Å². The van der Waals surface area contributed by atoms with Crippen molar-refractivity contribution in [3.05, 3.63) is 18.3 Å². The van der Waals surface area contributed by atoms with Crippen LogP contribution >= 0.6 is 49.7 Å². The summed E-state index contributed by atoms with van der Waals surface area (Å²) in [6, 6.07) is 3.80. The van der Waals surface area contributed by atoms with Crippen molar-refractivity contribution < 1.29 is 0 Å². The minimum atomic E-state index is 0.400. The number of aromatic amines is 1. The minimum Gasteiger partial charge on any atom is -0.347 e. The van der Waals surface area contributed by atoms with Crippen molar-refractivity contribution >= 4 is 64.2 Å². The summed E-state index contributed by atoms with van der Waals surface area (Å²) >= 11 is 19.1. The Hall–Kier alpha value is -0.320. The Morgan fingerprint density at radius 3 is 2.37 bits per heavy atom. The lowest BCUT2D eigenvalue weighted by molar-refractivity contribution is 0.0411. The third kappa shape index (κ3) is 3.61. The maximum atomic E-state index is 5.25. The summed E-state index contributed by atoms with van der Waals surface area (Å²) in [5, 5.41) is 8.90. The topological polar surface area (TPSA) is 37.5 Å². The second kappa shape index (κ2) is 6.91. The van der Waals surface area contributed by atoms with Crippen LogP contribution in [-0.2, 0) is 0 Å². The summed E-state index contributed by atoms with van der Waals surface area (Å²) < 4.78 is 0.824. The number of nitrogens with zero attached hydrogens (tertiary/aromatic N) is 3. The lowest BCUT2D eigenvalue weighted by Gasteiger charge is -2.43. The monoisotopic (exact) mass is 333 g/mol. The zero-order valence-corrected chi connectivity index (χ0v) is 13.5. The highest BCUT2D eigenvalue weighted by molar-refractivity contribution is 8.12. The first kappa shape index (κ1) is 15.1. The summed E-state index contributed by atoms with van der Waals surface area (Å²) in [7, 11) is 0. The van der Waals surface area contributed by atoms with Crippen molar-refractivity contribution in [3.63, 3.8) is 0 Å². The molecule has 0 amide bonds. The highest BCUT2D eigenvalue weighted by Gasteiger charge is 2.27. The number of H-pyrrole nitrogens is 1. The molecule has 0 atom stereocenters. The molecule has 9 heteroatoms. The van der Waals surface area contributed by atoms with E-state index >= 15 is 0 Å². The summed E-state index contributed by atoms with van der Waals surface area (Å²) in [4.78, 5) is 3.11. The highest BCUT2D eigenvalue weighted by atomic mass is 32.1. The van der Waals surface area contributed by atoms with E-state index in [0.717, 1.165) is 32.0 Å². The SMILES string of the molecule is S=C(S)N(c1ccc[nH]1)N(C(=S)S)N1CCNCC1. The first-order valence-corrected chi connectivity index (χ1v) is 7.47. The summed E-state index contributed by atoms with van der Waals surface area (Å²) in [5.41, 5.74) is 0. The Morgan fingerprint density at radius 1 is 1.21 bits per heavy atom. The van der Waals surface area contributed by atoms with E-state index in [4.69, 9.17) is 24.4 Å². The van der Waals surface area contributed by atoms with Crippen LogP contribution in [0.3, 0.4) is 0 Å². The molecule has 0 aromatic carbocycles. The molecular weight excluding hydrogens is 318 g/mol. The number of hydrazine groups is 2. The van der Waals surface area contributed by atoms with Crippen LogP contribution in [0.5, 0.6) is 0 Å². The number of anilines is 1. The van der Waals surface area contributed by atoms with Crippen molar-refractivity contribution in [2.75, 3.05) is 31.2 Å². The molecule has 1 aliphatic heterocycles. The fourth-order valence-corrected chi connectivity index (χ4v) is 2.70. The number of nitrogens with one attached hydrogen (secondary N) is 2. The zero-order chi connectivity index (χ0) is 13.8. The van der Waals surface area contributed by atoms with Gasteiger partial charge in [-0.2, -0.15) is 10.1 Å². The zero-order valence-electron chi connectivity index (χ0n) is 10.1. The Morgan fingerprint density at radius 2 is 1.89 bits per heavy atom. The third-order valence-electron chi connectivity index (χ3n) is 2.71. The number of hydrogen-bond donors (Lipinski definition) is 4. The first-order chi connectivity index (χ1) is 9.11. The predicted octanol–water partition coefficient (Wildman–Crippen LogP) is 1.29. The number of rotatable bonds is 2. The molecule has 0 unspecified atom stereocenters. The predicted molar refractivity (Wildman–Crippen MR) is 92.7 cm³/mol. The Bertz CT molecular complexity index is 443. The average molecular weight is 334 g/mol. The number of hydrogen-bond acceptors (Lipinski definition) is 4. The second-order valence-electron chi connectivity index (χ2n) is 3.93. The fourth-order valence-electron chi connectivity index (χ4n) is 1.91. The van der Waals surface area contributed by atoms with Gasteiger partial charge in [0.1, 0.15) is 5.82 Å². The van der Waals surface area contributed by atoms with Crippen LogP contribution in [0.4, 0.5) is 5.82 Å². The molecule has 2 rings (SSSR count). The Balaban J connectivity index is 2.29. The number of aromatic nitrogens is 1. The lowest BCUT2D eigenvalue weighted by Crippen LogP contribution is -2.60. The van der Waals surface area contributed by atoms with Crippen molar-refractivity contribution in [2.24, 2.45) is 0 Å². The fraction of sp³-hybridized carbons (Fsp3) is 0.400. The van der Waals surface area contributed by atoms with Gasteiger partial charge in [0.15, 0.2) is 8.64 Å². The van der Waals surface area contributed by atoms with Gasteiger partial charge in [0.25, 0.3) is 0 Å².